The summed E-state index contributed by atoms with van der Waals surface area (Å²) in [6, 6.07) is 2.82. The molecule has 1 aliphatic carbocycles. The third-order valence-corrected chi connectivity index (χ3v) is 2.48. The van der Waals surface area contributed by atoms with E-state index in [2.05, 4.69) is 11.0 Å². The highest BCUT2D eigenvalue weighted by Crippen LogP contribution is 2.27. The summed E-state index contributed by atoms with van der Waals surface area (Å²) in [6.07, 6.45) is 2.89. The molecule has 0 N–H and O–H groups in total. The zero-order valence-electron chi connectivity index (χ0n) is 8.90. The van der Waals surface area contributed by atoms with Crippen LogP contribution in [0.4, 0.5) is 0 Å². The number of rotatable bonds is 7. The topological polar surface area (TPSA) is 45.5 Å². The summed E-state index contributed by atoms with van der Waals surface area (Å²) in [7, 11) is 3.28. The summed E-state index contributed by atoms with van der Waals surface area (Å²) in [4.78, 5) is 2.28. The summed E-state index contributed by atoms with van der Waals surface area (Å²) in [6.45, 7) is 1.59. The lowest BCUT2D eigenvalue weighted by Gasteiger charge is -2.24. The van der Waals surface area contributed by atoms with Crippen LogP contribution in [0.5, 0.6) is 0 Å². The van der Waals surface area contributed by atoms with Crippen LogP contribution in [-0.2, 0) is 9.47 Å². The van der Waals surface area contributed by atoms with Gasteiger partial charge in [-0.3, -0.25) is 4.90 Å². The van der Waals surface area contributed by atoms with Crippen LogP contribution in [0.15, 0.2) is 0 Å². The van der Waals surface area contributed by atoms with Crippen molar-refractivity contribution >= 4 is 0 Å². The summed E-state index contributed by atoms with van der Waals surface area (Å²) in [5, 5.41) is 8.53. The summed E-state index contributed by atoms with van der Waals surface area (Å²) in [5.74, 6) is 0. The maximum absolute atomic E-state index is 8.53. The van der Waals surface area contributed by atoms with Gasteiger partial charge >= 0.3 is 0 Å². The van der Waals surface area contributed by atoms with Crippen LogP contribution >= 0.6 is 0 Å². The Hall–Kier alpha value is -0.630. The lowest BCUT2D eigenvalue weighted by molar-refractivity contribution is -0.117. The molecule has 0 atom stereocenters. The van der Waals surface area contributed by atoms with Gasteiger partial charge in [0.05, 0.1) is 6.07 Å². The molecule has 0 amide bonds. The molecular formula is C10H18N2O2. The van der Waals surface area contributed by atoms with Gasteiger partial charge in [0, 0.05) is 39.8 Å². The Morgan fingerprint density at radius 3 is 2.50 bits per heavy atom. The number of methoxy groups -OCH3 is 2. The largest absolute Gasteiger partial charge is 0.355 e. The minimum Gasteiger partial charge on any atom is -0.355 e. The van der Waals surface area contributed by atoms with Crippen molar-refractivity contribution < 1.29 is 9.47 Å². The van der Waals surface area contributed by atoms with E-state index in [-0.39, 0.29) is 6.29 Å². The van der Waals surface area contributed by atoms with E-state index in [9.17, 15) is 0 Å². The predicted molar refractivity (Wildman–Crippen MR) is 52.6 cm³/mol. The van der Waals surface area contributed by atoms with E-state index in [0.29, 0.717) is 12.5 Å². The molecular weight excluding hydrogens is 180 g/mol. The fraction of sp³-hybridized carbons (Fsp3) is 0.900. The van der Waals surface area contributed by atoms with Crippen molar-refractivity contribution in [2.75, 3.05) is 27.3 Å². The molecule has 0 unspecified atom stereocenters. The SMILES string of the molecule is COC(CN(CCC#N)C1CC1)OC. The van der Waals surface area contributed by atoms with Crippen LogP contribution in [0.2, 0.25) is 0 Å². The first-order valence-electron chi connectivity index (χ1n) is 4.98. The zero-order chi connectivity index (χ0) is 10.4. The van der Waals surface area contributed by atoms with Gasteiger partial charge < -0.3 is 9.47 Å². The molecule has 4 heteroatoms. The minimum atomic E-state index is -0.172. The molecule has 0 aromatic heterocycles. The summed E-state index contributed by atoms with van der Waals surface area (Å²) >= 11 is 0. The molecule has 0 radical (unpaired) electrons. The third kappa shape index (κ3) is 3.62. The number of nitriles is 1. The summed E-state index contributed by atoms with van der Waals surface area (Å²) < 4.78 is 10.3. The van der Waals surface area contributed by atoms with Crippen molar-refractivity contribution in [2.45, 2.75) is 31.6 Å². The van der Waals surface area contributed by atoms with Gasteiger partial charge in [-0.1, -0.05) is 0 Å². The average molecular weight is 198 g/mol. The molecule has 0 aromatic carbocycles. The normalized spacial score (nSPS) is 16.2. The van der Waals surface area contributed by atoms with Crippen LogP contribution in [0.25, 0.3) is 0 Å². The van der Waals surface area contributed by atoms with Crippen molar-refractivity contribution in [3.05, 3.63) is 0 Å². The van der Waals surface area contributed by atoms with Crippen LogP contribution in [0.3, 0.4) is 0 Å². The van der Waals surface area contributed by atoms with Gasteiger partial charge in [-0.05, 0) is 12.8 Å². The van der Waals surface area contributed by atoms with Gasteiger partial charge in [0.1, 0.15) is 0 Å². The van der Waals surface area contributed by atoms with Gasteiger partial charge in [0.25, 0.3) is 0 Å². The first kappa shape index (κ1) is 11.4. The molecule has 1 saturated carbocycles. The molecule has 80 valence electrons. The van der Waals surface area contributed by atoms with E-state index in [4.69, 9.17) is 14.7 Å². The molecule has 0 aliphatic heterocycles. The van der Waals surface area contributed by atoms with Gasteiger partial charge in [-0.2, -0.15) is 5.26 Å². The second-order valence-corrected chi connectivity index (χ2v) is 3.54. The summed E-state index contributed by atoms with van der Waals surface area (Å²) in [5.41, 5.74) is 0. The minimum absolute atomic E-state index is 0.172. The van der Waals surface area contributed by atoms with E-state index in [1.807, 2.05) is 0 Å². The smallest absolute Gasteiger partial charge is 0.169 e. The van der Waals surface area contributed by atoms with Crippen molar-refractivity contribution in [2.24, 2.45) is 0 Å². The van der Waals surface area contributed by atoms with Crippen molar-refractivity contribution in [3.8, 4) is 6.07 Å². The Kier molecular flexibility index (Phi) is 4.88. The van der Waals surface area contributed by atoms with E-state index >= 15 is 0 Å². The molecule has 1 aliphatic rings. The van der Waals surface area contributed by atoms with Crippen LogP contribution in [0.1, 0.15) is 19.3 Å². The highest BCUT2D eigenvalue weighted by atomic mass is 16.7. The van der Waals surface area contributed by atoms with Crippen LogP contribution in [-0.4, -0.2) is 44.5 Å². The molecule has 0 bridgehead atoms. The first-order chi connectivity index (χ1) is 6.81. The number of nitrogens with zero attached hydrogens (tertiary/aromatic N) is 2. The standard InChI is InChI=1S/C10H18N2O2/c1-13-10(14-2)8-12(7-3-6-11)9-4-5-9/h9-10H,3-5,7-8H2,1-2H3. The van der Waals surface area contributed by atoms with Crippen molar-refractivity contribution in [1.82, 2.24) is 4.90 Å². The number of hydrogen-bond donors (Lipinski definition) is 0. The van der Waals surface area contributed by atoms with Gasteiger partial charge in [0.2, 0.25) is 0 Å². The Morgan fingerprint density at radius 1 is 1.43 bits per heavy atom. The quantitative estimate of drug-likeness (QED) is 0.572. The third-order valence-electron chi connectivity index (χ3n) is 2.48. The molecule has 1 rings (SSSR count). The van der Waals surface area contributed by atoms with Crippen LogP contribution < -0.4 is 0 Å². The predicted octanol–water partition coefficient (Wildman–Crippen LogP) is 0.983. The maximum Gasteiger partial charge on any atom is 0.169 e. The zero-order valence-corrected chi connectivity index (χ0v) is 8.90. The van der Waals surface area contributed by atoms with Gasteiger partial charge in [0.15, 0.2) is 6.29 Å². The molecule has 4 nitrogen and oxygen atoms in total. The molecule has 0 saturated heterocycles. The molecule has 1 fully saturated rings. The molecule has 0 aromatic rings. The fourth-order valence-electron chi connectivity index (χ4n) is 1.49. The monoisotopic (exact) mass is 198 g/mol. The lowest BCUT2D eigenvalue weighted by Crippen LogP contribution is -2.36. The number of ether oxygens (including phenoxy) is 2. The van der Waals surface area contributed by atoms with Crippen molar-refractivity contribution in [1.29, 1.82) is 5.26 Å². The maximum atomic E-state index is 8.53. The second-order valence-electron chi connectivity index (χ2n) is 3.54. The Bertz CT molecular complexity index is 195. The van der Waals surface area contributed by atoms with Gasteiger partial charge in [-0.25, -0.2) is 0 Å². The highest BCUT2D eigenvalue weighted by Gasteiger charge is 2.30. The van der Waals surface area contributed by atoms with E-state index in [1.165, 1.54) is 12.8 Å². The Morgan fingerprint density at radius 2 is 2.07 bits per heavy atom. The fourth-order valence-corrected chi connectivity index (χ4v) is 1.49. The molecule has 0 heterocycles. The molecule has 0 spiro atoms. The van der Waals surface area contributed by atoms with E-state index in [1.54, 1.807) is 14.2 Å². The Balaban J connectivity index is 2.30. The lowest BCUT2D eigenvalue weighted by atomic mass is 10.3. The first-order valence-corrected chi connectivity index (χ1v) is 4.98. The van der Waals surface area contributed by atoms with E-state index in [0.717, 1.165) is 13.1 Å². The van der Waals surface area contributed by atoms with Gasteiger partial charge in [-0.15, -0.1) is 0 Å². The van der Waals surface area contributed by atoms with Crippen LogP contribution in [0, 0.1) is 11.3 Å². The number of hydrogen-bond acceptors (Lipinski definition) is 4. The average Bonchev–Trinajstić information content (AvgIpc) is 3.02. The van der Waals surface area contributed by atoms with E-state index < -0.39 is 0 Å². The molecule has 14 heavy (non-hydrogen) atoms. The highest BCUT2D eigenvalue weighted by molar-refractivity contribution is 4.86. The van der Waals surface area contributed by atoms with Crippen molar-refractivity contribution in [3.63, 3.8) is 0 Å². The second kappa shape index (κ2) is 5.97. The Labute approximate surface area is 85.4 Å².